The number of hydrogen-bond donors (Lipinski definition) is 8. The highest BCUT2D eigenvalue weighted by atomic mass is 16.3. The molecule has 8 N–H and O–H groups in total. The normalized spacial score (nSPS) is 13.6. The van der Waals surface area contributed by atoms with Gasteiger partial charge in [0.15, 0.2) is 0 Å². The van der Waals surface area contributed by atoms with Crippen molar-refractivity contribution in [2.75, 3.05) is 0 Å². The third-order valence-corrected chi connectivity index (χ3v) is 8.66. The minimum absolute atomic E-state index is 0.0847. The molecule has 0 heterocycles. The molecule has 0 fully saturated rings. The number of fused-ring (bicyclic) bond motifs is 8. The van der Waals surface area contributed by atoms with Crippen molar-refractivity contribution in [3.8, 4) is 46.0 Å². The zero-order valence-electron chi connectivity index (χ0n) is 25.9. The fraction of sp³-hybridized carbons (Fsp3) is 0.333. The van der Waals surface area contributed by atoms with Crippen molar-refractivity contribution in [3.63, 3.8) is 0 Å². The lowest BCUT2D eigenvalue weighted by Gasteiger charge is -2.25. The van der Waals surface area contributed by atoms with Gasteiger partial charge in [0.25, 0.3) is 0 Å². The Morgan fingerprint density at radius 2 is 0.591 bits per heavy atom. The fourth-order valence-corrected chi connectivity index (χ4v) is 5.84. The Labute approximate surface area is 256 Å². The molecule has 8 heteroatoms. The van der Waals surface area contributed by atoms with E-state index in [1.165, 1.54) is 0 Å². The van der Waals surface area contributed by atoms with E-state index in [-0.39, 0.29) is 105 Å². The SMILES string of the molecule is CC(C)(C)c1cc2c(O)c(c1)Cc1c(O)cc(O)c(c1O)Cc1cc(C(C)(C)C)cc(c1O)Cc1c(O)cc(O)c(c1O)C2. The van der Waals surface area contributed by atoms with Gasteiger partial charge in [-0.15, -0.1) is 0 Å². The van der Waals surface area contributed by atoms with Gasteiger partial charge < -0.3 is 40.9 Å². The highest BCUT2D eigenvalue weighted by Crippen LogP contribution is 2.47. The average Bonchev–Trinajstić information content (AvgIpc) is 2.90. The van der Waals surface area contributed by atoms with Gasteiger partial charge in [0, 0.05) is 60.1 Å². The molecule has 8 bridgehead atoms. The molecule has 0 aliphatic heterocycles. The van der Waals surface area contributed by atoms with Crippen LogP contribution in [0.3, 0.4) is 0 Å². The molecule has 0 amide bonds. The summed E-state index contributed by atoms with van der Waals surface area (Å²) in [4.78, 5) is 0. The van der Waals surface area contributed by atoms with E-state index in [1.54, 1.807) is 24.3 Å². The van der Waals surface area contributed by atoms with Crippen LogP contribution in [-0.4, -0.2) is 40.9 Å². The van der Waals surface area contributed by atoms with E-state index in [4.69, 9.17) is 0 Å². The minimum Gasteiger partial charge on any atom is -0.507 e. The number of phenols is 8. The number of hydrogen-bond acceptors (Lipinski definition) is 8. The molecule has 0 spiro atoms. The first-order chi connectivity index (χ1) is 20.4. The van der Waals surface area contributed by atoms with Crippen molar-refractivity contribution in [2.45, 2.75) is 78.1 Å². The molecule has 232 valence electrons. The first kappa shape index (κ1) is 30.7. The summed E-state index contributed by atoms with van der Waals surface area (Å²) in [5, 5.41) is 89.3. The average molecular weight is 601 g/mol. The molecular weight excluding hydrogens is 560 g/mol. The molecule has 0 saturated heterocycles. The first-order valence-corrected chi connectivity index (χ1v) is 14.6. The van der Waals surface area contributed by atoms with E-state index in [0.29, 0.717) is 22.3 Å². The van der Waals surface area contributed by atoms with Crippen LogP contribution in [0.25, 0.3) is 0 Å². The maximum atomic E-state index is 11.5. The quantitative estimate of drug-likeness (QED) is 0.0986. The molecule has 4 aromatic carbocycles. The van der Waals surface area contributed by atoms with Crippen LogP contribution in [0.5, 0.6) is 46.0 Å². The van der Waals surface area contributed by atoms with Gasteiger partial charge in [-0.25, -0.2) is 0 Å². The second-order valence-electron chi connectivity index (χ2n) is 13.9. The Morgan fingerprint density at radius 1 is 0.364 bits per heavy atom. The zero-order valence-corrected chi connectivity index (χ0v) is 25.9. The van der Waals surface area contributed by atoms with Crippen molar-refractivity contribution >= 4 is 0 Å². The smallest absolute Gasteiger partial charge is 0.130 e. The molecule has 5 rings (SSSR count). The number of aromatic hydroxyl groups is 8. The third-order valence-electron chi connectivity index (χ3n) is 8.66. The molecule has 1 aliphatic rings. The maximum absolute atomic E-state index is 11.5. The predicted molar refractivity (Wildman–Crippen MR) is 168 cm³/mol. The van der Waals surface area contributed by atoms with E-state index >= 15 is 0 Å². The molecule has 1 aliphatic carbocycles. The van der Waals surface area contributed by atoms with Crippen LogP contribution in [0.4, 0.5) is 0 Å². The number of phenolic OH excluding ortho intramolecular Hbond substituents is 8. The van der Waals surface area contributed by atoms with Gasteiger partial charge in [0.1, 0.15) is 46.0 Å². The Morgan fingerprint density at radius 3 is 0.795 bits per heavy atom. The molecule has 4 aromatic rings. The summed E-state index contributed by atoms with van der Waals surface area (Å²) < 4.78 is 0. The zero-order chi connectivity index (χ0) is 32.5. The van der Waals surface area contributed by atoms with Crippen LogP contribution >= 0.6 is 0 Å². The standard InChI is InChI=1S/C36H40O8/c1-35(2,3)21-7-17-11-23-27(37)15-29(39)25(33(23)43)13-19-9-22(36(4,5)6)10-20(32(19)42)14-26-30(40)16-28(38)24(34(26)44)12-18(8-21)31(17)41/h7-10,15-16,37-44H,11-14H2,1-6H3. The van der Waals surface area contributed by atoms with Crippen LogP contribution in [-0.2, 0) is 36.5 Å². The van der Waals surface area contributed by atoms with Gasteiger partial charge in [-0.3, -0.25) is 0 Å². The summed E-state index contributed by atoms with van der Waals surface area (Å²) in [7, 11) is 0. The predicted octanol–water partition coefficient (Wildman–Crippen LogP) is 6.60. The van der Waals surface area contributed by atoms with E-state index < -0.39 is 0 Å². The number of rotatable bonds is 0. The van der Waals surface area contributed by atoms with Gasteiger partial charge in [0.2, 0.25) is 0 Å². The van der Waals surface area contributed by atoms with Crippen molar-refractivity contribution in [1.29, 1.82) is 0 Å². The Balaban J connectivity index is 1.87. The largest absolute Gasteiger partial charge is 0.507 e. The number of benzene rings is 4. The van der Waals surface area contributed by atoms with Gasteiger partial charge in [0.05, 0.1) is 0 Å². The van der Waals surface area contributed by atoms with Gasteiger partial charge >= 0.3 is 0 Å². The summed E-state index contributed by atoms with van der Waals surface area (Å²) in [5.41, 5.74) is 2.73. The van der Waals surface area contributed by atoms with E-state index in [9.17, 15) is 40.9 Å². The lowest BCUT2D eigenvalue weighted by Crippen LogP contribution is -2.13. The Kier molecular flexibility index (Phi) is 7.31. The maximum Gasteiger partial charge on any atom is 0.130 e. The molecule has 8 nitrogen and oxygen atoms in total. The van der Waals surface area contributed by atoms with Crippen LogP contribution in [0, 0.1) is 0 Å². The molecule has 0 saturated carbocycles. The van der Waals surface area contributed by atoms with E-state index in [2.05, 4.69) is 0 Å². The molecular formula is C36H40O8. The van der Waals surface area contributed by atoms with Gasteiger partial charge in [-0.1, -0.05) is 65.8 Å². The lowest BCUT2D eigenvalue weighted by molar-refractivity contribution is 0.411. The topological polar surface area (TPSA) is 162 Å². The fourth-order valence-electron chi connectivity index (χ4n) is 5.84. The monoisotopic (exact) mass is 600 g/mol. The van der Waals surface area contributed by atoms with E-state index in [0.717, 1.165) is 23.3 Å². The summed E-state index contributed by atoms with van der Waals surface area (Å²) in [6.07, 6.45) is -0.422. The Hall–Kier alpha value is -4.72. The lowest BCUT2D eigenvalue weighted by atomic mass is 9.81. The molecule has 44 heavy (non-hydrogen) atoms. The van der Waals surface area contributed by atoms with Crippen molar-refractivity contribution in [1.82, 2.24) is 0 Å². The van der Waals surface area contributed by atoms with Crippen LogP contribution in [0.1, 0.15) is 97.2 Å². The summed E-state index contributed by atoms with van der Waals surface area (Å²) in [6, 6.07) is 9.40. The molecule has 0 atom stereocenters. The summed E-state index contributed by atoms with van der Waals surface area (Å²) in [6.45, 7) is 12.0. The van der Waals surface area contributed by atoms with E-state index in [1.807, 2.05) is 41.5 Å². The summed E-state index contributed by atoms with van der Waals surface area (Å²) >= 11 is 0. The Bertz CT molecular complexity index is 1570. The second kappa shape index (κ2) is 10.5. The van der Waals surface area contributed by atoms with Crippen LogP contribution in [0.2, 0.25) is 0 Å². The third kappa shape index (κ3) is 5.41. The second-order valence-corrected chi connectivity index (χ2v) is 13.9. The van der Waals surface area contributed by atoms with Crippen molar-refractivity contribution in [3.05, 3.63) is 92.0 Å². The molecule has 0 unspecified atom stereocenters. The highest BCUT2D eigenvalue weighted by Gasteiger charge is 2.28. The molecule has 0 aromatic heterocycles. The first-order valence-electron chi connectivity index (χ1n) is 14.6. The van der Waals surface area contributed by atoms with Crippen molar-refractivity contribution < 1.29 is 40.9 Å². The van der Waals surface area contributed by atoms with Crippen LogP contribution in [0.15, 0.2) is 36.4 Å². The van der Waals surface area contributed by atoms with Gasteiger partial charge in [-0.05, 0) is 44.2 Å². The molecule has 0 radical (unpaired) electrons. The van der Waals surface area contributed by atoms with Crippen LogP contribution < -0.4 is 0 Å². The highest BCUT2D eigenvalue weighted by molar-refractivity contribution is 5.64. The van der Waals surface area contributed by atoms with Gasteiger partial charge in [-0.2, -0.15) is 0 Å². The summed E-state index contributed by atoms with van der Waals surface area (Å²) in [5.74, 6) is -2.47. The van der Waals surface area contributed by atoms with Crippen molar-refractivity contribution in [2.24, 2.45) is 0 Å². The minimum atomic E-state index is -0.378.